The standard InChI is InChI=1S/C16H19FN2S/c1-3-18-15(13-9-8-12(2)19-10-13)11-20-16-7-5-4-6-14(16)17/h4-10,15,18H,3,11H2,1-2H3. The molecular weight excluding hydrogens is 271 g/mol. The van der Waals surface area contributed by atoms with Gasteiger partial charge in [0.25, 0.3) is 0 Å². The molecule has 1 unspecified atom stereocenters. The van der Waals surface area contributed by atoms with Crippen LogP contribution in [0, 0.1) is 12.7 Å². The van der Waals surface area contributed by atoms with Gasteiger partial charge in [0.05, 0.1) is 0 Å². The summed E-state index contributed by atoms with van der Waals surface area (Å²) in [5.41, 5.74) is 2.15. The number of aryl methyl sites for hydroxylation is 1. The first-order valence-electron chi connectivity index (χ1n) is 6.74. The highest BCUT2D eigenvalue weighted by Gasteiger charge is 2.12. The second-order valence-electron chi connectivity index (χ2n) is 4.58. The summed E-state index contributed by atoms with van der Waals surface area (Å²) in [6.07, 6.45) is 1.89. The summed E-state index contributed by atoms with van der Waals surface area (Å²) in [5, 5.41) is 3.42. The zero-order valence-corrected chi connectivity index (χ0v) is 12.6. The number of benzene rings is 1. The molecule has 2 rings (SSSR count). The quantitative estimate of drug-likeness (QED) is 0.815. The van der Waals surface area contributed by atoms with E-state index in [-0.39, 0.29) is 11.9 Å². The fourth-order valence-corrected chi connectivity index (χ4v) is 2.98. The van der Waals surface area contributed by atoms with E-state index < -0.39 is 0 Å². The second-order valence-corrected chi connectivity index (χ2v) is 5.65. The van der Waals surface area contributed by atoms with Gasteiger partial charge in [-0.3, -0.25) is 4.98 Å². The smallest absolute Gasteiger partial charge is 0.136 e. The Kier molecular flexibility index (Phi) is 5.56. The van der Waals surface area contributed by atoms with E-state index in [2.05, 4.69) is 23.3 Å². The van der Waals surface area contributed by atoms with Crippen LogP contribution in [0.1, 0.15) is 24.2 Å². The molecule has 0 saturated heterocycles. The van der Waals surface area contributed by atoms with Gasteiger partial charge in [0.2, 0.25) is 0 Å². The third-order valence-corrected chi connectivity index (χ3v) is 4.17. The van der Waals surface area contributed by atoms with Crippen LogP contribution in [0.4, 0.5) is 4.39 Å². The summed E-state index contributed by atoms with van der Waals surface area (Å²) in [7, 11) is 0. The number of rotatable bonds is 6. The molecule has 0 aliphatic rings. The molecule has 4 heteroatoms. The molecule has 0 aliphatic carbocycles. The van der Waals surface area contributed by atoms with E-state index in [0.717, 1.165) is 23.6 Å². The van der Waals surface area contributed by atoms with Gasteiger partial charge in [-0.2, -0.15) is 0 Å². The Bertz CT molecular complexity index is 542. The van der Waals surface area contributed by atoms with Crippen molar-refractivity contribution in [3.8, 4) is 0 Å². The van der Waals surface area contributed by atoms with E-state index in [0.29, 0.717) is 4.90 Å². The minimum Gasteiger partial charge on any atom is -0.309 e. The van der Waals surface area contributed by atoms with Gasteiger partial charge < -0.3 is 5.32 Å². The topological polar surface area (TPSA) is 24.9 Å². The van der Waals surface area contributed by atoms with E-state index >= 15 is 0 Å². The molecule has 1 heterocycles. The normalized spacial score (nSPS) is 12.3. The Morgan fingerprint density at radius 3 is 2.70 bits per heavy atom. The number of halogens is 1. The van der Waals surface area contributed by atoms with Crippen molar-refractivity contribution in [3.63, 3.8) is 0 Å². The Balaban J connectivity index is 2.06. The fourth-order valence-electron chi connectivity index (χ4n) is 1.94. The first-order valence-corrected chi connectivity index (χ1v) is 7.72. The molecule has 2 nitrogen and oxygen atoms in total. The minimum absolute atomic E-state index is 0.158. The van der Waals surface area contributed by atoms with Crippen LogP contribution in [-0.4, -0.2) is 17.3 Å². The van der Waals surface area contributed by atoms with Crippen molar-refractivity contribution in [1.29, 1.82) is 0 Å². The van der Waals surface area contributed by atoms with E-state index in [9.17, 15) is 4.39 Å². The molecule has 106 valence electrons. The van der Waals surface area contributed by atoms with Crippen molar-refractivity contribution in [3.05, 3.63) is 59.7 Å². The summed E-state index contributed by atoms with van der Waals surface area (Å²) < 4.78 is 13.6. The molecule has 0 saturated carbocycles. The predicted octanol–water partition coefficient (Wildman–Crippen LogP) is 3.97. The Morgan fingerprint density at radius 1 is 1.25 bits per heavy atom. The van der Waals surface area contributed by atoms with E-state index in [1.165, 1.54) is 17.8 Å². The van der Waals surface area contributed by atoms with Crippen molar-refractivity contribution in [2.75, 3.05) is 12.3 Å². The maximum Gasteiger partial charge on any atom is 0.136 e. The van der Waals surface area contributed by atoms with Crippen molar-refractivity contribution in [2.24, 2.45) is 0 Å². The first kappa shape index (κ1) is 15.0. The summed E-state index contributed by atoms with van der Waals surface area (Å²) in [4.78, 5) is 5.02. The summed E-state index contributed by atoms with van der Waals surface area (Å²) in [6, 6.07) is 11.2. The summed E-state index contributed by atoms with van der Waals surface area (Å²) in [5.74, 6) is 0.620. The number of aromatic nitrogens is 1. The number of pyridine rings is 1. The second kappa shape index (κ2) is 7.41. The largest absolute Gasteiger partial charge is 0.309 e. The van der Waals surface area contributed by atoms with Crippen LogP contribution in [-0.2, 0) is 0 Å². The zero-order chi connectivity index (χ0) is 14.4. The van der Waals surface area contributed by atoms with Crippen LogP contribution >= 0.6 is 11.8 Å². The molecule has 2 aromatic rings. The molecule has 1 N–H and O–H groups in total. The number of hydrogen-bond donors (Lipinski definition) is 1. The molecule has 0 radical (unpaired) electrons. The van der Waals surface area contributed by atoms with Crippen molar-refractivity contribution in [2.45, 2.75) is 24.8 Å². The number of hydrogen-bond acceptors (Lipinski definition) is 3. The van der Waals surface area contributed by atoms with Crippen LogP contribution in [0.15, 0.2) is 47.5 Å². The molecule has 1 aromatic carbocycles. The van der Waals surface area contributed by atoms with Crippen LogP contribution in [0.2, 0.25) is 0 Å². The molecule has 1 atom stereocenters. The molecule has 1 aromatic heterocycles. The average molecular weight is 290 g/mol. The van der Waals surface area contributed by atoms with Crippen LogP contribution < -0.4 is 5.32 Å². The van der Waals surface area contributed by atoms with Crippen molar-refractivity contribution >= 4 is 11.8 Å². The number of nitrogens with zero attached hydrogens (tertiary/aromatic N) is 1. The lowest BCUT2D eigenvalue weighted by atomic mass is 10.1. The Hall–Kier alpha value is -1.39. The monoisotopic (exact) mass is 290 g/mol. The summed E-state index contributed by atoms with van der Waals surface area (Å²) in [6.45, 7) is 4.92. The number of nitrogens with one attached hydrogen (secondary N) is 1. The van der Waals surface area contributed by atoms with E-state index in [1.54, 1.807) is 6.07 Å². The van der Waals surface area contributed by atoms with Gasteiger partial charge in [0, 0.05) is 28.6 Å². The molecule has 0 spiro atoms. The zero-order valence-electron chi connectivity index (χ0n) is 11.8. The molecule has 0 aliphatic heterocycles. The summed E-state index contributed by atoms with van der Waals surface area (Å²) >= 11 is 1.53. The highest BCUT2D eigenvalue weighted by Crippen LogP contribution is 2.26. The highest BCUT2D eigenvalue weighted by molar-refractivity contribution is 7.99. The van der Waals surface area contributed by atoms with Gasteiger partial charge in [0.1, 0.15) is 5.82 Å². The maximum atomic E-state index is 13.6. The fraction of sp³-hybridized carbons (Fsp3) is 0.312. The van der Waals surface area contributed by atoms with Crippen LogP contribution in [0.25, 0.3) is 0 Å². The number of thioether (sulfide) groups is 1. The lowest BCUT2D eigenvalue weighted by Gasteiger charge is -2.18. The third-order valence-electron chi connectivity index (χ3n) is 3.03. The molecule has 0 amide bonds. The highest BCUT2D eigenvalue weighted by atomic mass is 32.2. The Morgan fingerprint density at radius 2 is 2.05 bits per heavy atom. The van der Waals surface area contributed by atoms with Crippen molar-refractivity contribution < 1.29 is 4.39 Å². The minimum atomic E-state index is -0.158. The first-order chi connectivity index (χ1) is 9.70. The third kappa shape index (κ3) is 4.05. The van der Waals surface area contributed by atoms with Gasteiger partial charge in [0.15, 0.2) is 0 Å². The average Bonchev–Trinajstić information content (AvgIpc) is 2.46. The van der Waals surface area contributed by atoms with E-state index in [1.807, 2.05) is 31.3 Å². The van der Waals surface area contributed by atoms with Gasteiger partial charge in [-0.15, -0.1) is 11.8 Å². The molecule has 0 bridgehead atoms. The van der Waals surface area contributed by atoms with Gasteiger partial charge in [-0.05, 0) is 37.2 Å². The Labute approximate surface area is 123 Å². The van der Waals surface area contributed by atoms with Crippen LogP contribution in [0.3, 0.4) is 0 Å². The lowest BCUT2D eigenvalue weighted by Crippen LogP contribution is -2.23. The van der Waals surface area contributed by atoms with E-state index in [4.69, 9.17) is 0 Å². The molecule has 20 heavy (non-hydrogen) atoms. The molecule has 0 fully saturated rings. The van der Waals surface area contributed by atoms with Crippen molar-refractivity contribution in [1.82, 2.24) is 10.3 Å². The maximum absolute atomic E-state index is 13.6. The van der Waals surface area contributed by atoms with Gasteiger partial charge in [-0.1, -0.05) is 25.1 Å². The SMILES string of the molecule is CCNC(CSc1ccccc1F)c1ccc(C)nc1. The molecular formula is C16H19FN2S. The van der Waals surface area contributed by atoms with Gasteiger partial charge >= 0.3 is 0 Å². The lowest BCUT2D eigenvalue weighted by molar-refractivity contribution is 0.594. The van der Waals surface area contributed by atoms with Crippen LogP contribution in [0.5, 0.6) is 0 Å². The van der Waals surface area contributed by atoms with Gasteiger partial charge in [-0.25, -0.2) is 4.39 Å². The predicted molar refractivity (Wildman–Crippen MR) is 82.5 cm³/mol.